The van der Waals surface area contributed by atoms with Crippen LogP contribution in [0.25, 0.3) is 0 Å². The molecule has 30 heavy (non-hydrogen) atoms. The number of carbonyl (C=O) groups excluding carboxylic acids is 1. The minimum absolute atomic E-state index is 0.197. The van der Waals surface area contributed by atoms with Gasteiger partial charge in [0.1, 0.15) is 18.1 Å². The molecule has 0 saturated heterocycles. The number of halogens is 2. The number of amides is 1. The van der Waals surface area contributed by atoms with Crippen molar-refractivity contribution in [3.8, 4) is 5.75 Å². The molecule has 0 unspecified atom stereocenters. The molecule has 0 radical (unpaired) electrons. The van der Waals surface area contributed by atoms with Crippen LogP contribution in [0.1, 0.15) is 26.8 Å². The van der Waals surface area contributed by atoms with Crippen LogP contribution in [0.5, 0.6) is 5.75 Å². The summed E-state index contributed by atoms with van der Waals surface area (Å²) in [6.45, 7) is 0.238. The maximum Gasteiger partial charge on any atom is 0.293 e. The summed E-state index contributed by atoms with van der Waals surface area (Å²) in [6, 6.07) is 18.2. The number of nitrogens with zero attached hydrogens (tertiary/aromatic N) is 1. The summed E-state index contributed by atoms with van der Waals surface area (Å²) in [5.41, 5.74) is 1.01. The lowest BCUT2D eigenvalue weighted by atomic mass is 10.1. The quantitative estimate of drug-likeness (QED) is 0.344. The standard InChI is InChI=1S/C22H16Cl2N2O3S/c23-18-8-6-14(11-19(18)24)10-17-12-25-22(30-17)26-21(27)20-9-7-16(29-20)13-28-15-4-2-1-3-5-15/h1-9,11-12H,10,13H2,(H,25,26,27). The van der Waals surface area contributed by atoms with Crippen molar-refractivity contribution < 1.29 is 13.9 Å². The second kappa shape index (κ2) is 9.34. The monoisotopic (exact) mass is 458 g/mol. The van der Waals surface area contributed by atoms with Crippen LogP contribution in [0.4, 0.5) is 5.13 Å². The Morgan fingerprint density at radius 3 is 2.70 bits per heavy atom. The van der Waals surface area contributed by atoms with Crippen molar-refractivity contribution in [2.45, 2.75) is 13.0 Å². The van der Waals surface area contributed by atoms with Crippen LogP contribution in [-0.4, -0.2) is 10.9 Å². The Morgan fingerprint density at radius 2 is 1.90 bits per heavy atom. The molecule has 0 aliphatic carbocycles. The van der Waals surface area contributed by atoms with E-state index in [4.69, 9.17) is 32.4 Å². The number of benzene rings is 2. The van der Waals surface area contributed by atoms with Crippen molar-refractivity contribution in [1.82, 2.24) is 4.98 Å². The Labute approximate surface area is 187 Å². The molecular weight excluding hydrogens is 443 g/mol. The molecule has 8 heteroatoms. The van der Waals surface area contributed by atoms with E-state index in [1.165, 1.54) is 11.3 Å². The van der Waals surface area contributed by atoms with Crippen LogP contribution < -0.4 is 10.1 Å². The van der Waals surface area contributed by atoms with Crippen molar-refractivity contribution in [2.24, 2.45) is 0 Å². The Bertz CT molecular complexity index is 1160. The Balaban J connectivity index is 1.34. The van der Waals surface area contributed by atoms with Gasteiger partial charge in [0.2, 0.25) is 0 Å². The van der Waals surface area contributed by atoms with E-state index in [0.717, 1.165) is 16.2 Å². The van der Waals surface area contributed by atoms with Crippen molar-refractivity contribution in [3.05, 3.63) is 98.9 Å². The van der Waals surface area contributed by atoms with Crippen molar-refractivity contribution in [3.63, 3.8) is 0 Å². The SMILES string of the molecule is O=C(Nc1ncc(Cc2ccc(Cl)c(Cl)c2)s1)c1ccc(COc2ccccc2)o1. The molecular formula is C22H16Cl2N2O3S. The predicted octanol–water partition coefficient (Wildman–Crippen LogP) is 6.47. The minimum atomic E-state index is -0.364. The van der Waals surface area contributed by atoms with Gasteiger partial charge in [0.15, 0.2) is 10.9 Å². The molecule has 2 heterocycles. The molecule has 152 valence electrons. The third-order valence-corrected chi connectivity index (χ3v) is 5.80. The zero-order chi connectivity index (χ0) is 20.9. The lowest BCUT2D eigenvalue weighted by molar-refractivity contribution is 0.0992. The number of para-hydroxylation sites is 1. The molecule has 0 bridgehead atoms. The lowest BCUT2D eigenvalue weighted by Crippen LogP contribution is -2.10. The second-order valence-corrected chi connectivity index (χ2v) is 8.31. The molecule has 2 aromatic heterocycles. The fourth-order valence-electron chi connectivity index (χ4n) is 2.71. The predicted molar refractivity (Wildman–Crippen MR) is 119 cm³/mol. The summed E-state index contributed by atoms with van der Waals surface area (Å²) in [6.07, 6.45) is 2.37. The van der Waals surface area contributed by atoms with Crippen molar-refractivity contribution >= 4 is 45.6 Å². The largest absolute Gasteiger partial charge is 0.486 e. The number of ether oxygens (including phenoxy) is 1. The van der Waals surface area contributed by atoms with Crippen LogP contribution in [0, 0.1) is 0 Å². The molecule has 2 aromatic carbocycles. The molecule has 0 aliphatic heterocycles. The number of nitrogens with one attached hydrogen (secondary N) is 1. The highest BCUT2D eigenvalue weighted by atomic mass is 35.5. The first-order valence-corrected chi connectivity index (χ1v) is 10.6. The Kier molecular flexibility index (Phi) is 6.38. The first kappa shape index (κ1) is 20.5. The molecule has 0 saturated carbocycles. The molecule has 4 rings (SSSR count). The maximum absolute atomic E-state index is 12.4. The van der Waals surface area contributed by atoms with Crippen LogP contribution in [0.2, 0.25) is 10.0 Å². The number of carbonyl (C=O) groups is 1. The van der Waals surface area contributed by atoms with Gasteiger partial charge in [-0.25, -0.2) is 4.98 Å². The van der Waals surface area contributed by atoms with Crippen LogP contribution in [-0.2, 0) is 13.0 Å². The van der Waals surface area contributed by atoms with Gasteiger partial charge in [-0.15, -0.1) is 11.3 Å². The van der Waals surface area contributed by atoms with E-state index in [1.54, 1.807) is 24.4 Å². The van der Waals surface area contributed by atoms with Crippen LogP contribution in [0.3, 0.4) is 0 Å². The average Bonchev–Trinajstić information content (AvgIpc) is 3.40. The van der Waals surface area contributed by atoms with E-state index in [-0.39, 0.29) is 18.3 Å². The van der Waals surface area contributed by atoms with Gasteiger partial charge in [-0.05, 0) is 42.0 Å². The first-order chi connectivity index (χ1) is 14.6. The number of hydrogen-bond acceptors (Lipinski definition) is 5. The van der Waals surface area contributed by atoms with E-state index >= 15 is 0 Å². The molecule has 1 amide bonds. The highest BCUT2D eigenvalue weighted by molar-refractivity contribution is 7.15. The van der Waals surface area contributed by atoms with Gasteiger partial charge in [0, 0.05) is 17.5 Å². The Morgan fingerprint density at radius 1 is 1.07 bits per heavy atom. The van der Waals surface area contributed by atoms with Gasteiger partial charge in [0.25, 0.3) is 5.91 Å². The van der Waals surface area contributed by atoms with Crippen molar-refractivity contribution in [2.75, 3.05) is 5.32 Å². The highest BCUT2D eigenvalue weighted by Gasteiger charge is 2.14. The summed E-state index contributed by atoms with van der Waals surface area (Å²) >= 11 is 13.4. The van der Waals surface area contributed by atoms with Gasteiger partial charge in [-0.2, -0.15) is 0 Å². The van der Waals surface area contributed by atoms with Crippen LogP contribution >= 0.6 is 34.5 Å². The van der Waals surface area contributed by atoms with Crippen molar-refractivity contribution in [1.29, 1.82) is 0 Å². The highest BCUT2D eigenvalue weighted by Crippen LogP contribution is 2.26. The molecule has 0 fully saturated rings. The normalized spacial score (nSPS) is 10.7. The third-order valence-electron chi connectivity index (χ3n) is 4.15. The van der Waals surface area contributed by atoms with Gasteiger partial charge >= 0.3 is 0 Å². The zero-order valence-electron chi connectivity index (χ0n) is 15.6. The molecule has 0 spiro atoms. The summed E-state index contributed by atoms with van der Waals surface area (Å²) in [7, 11) is 0. The fraction of sp³-hybridized carbons (Fsp3) is 0.0909. The first-order valence-electron chi connectivity index (χ1n) is 9.03. The number of hydrogen-bond donors (Lipinski definition) is 1. The van der Waals surface area contributed by atoms with Crippen LogP contribution in [0.15, 0.2) is 71.3 Å². The number of aromatic nitrogens is 1. The average molecular weight is 459 g/mol. The second-order valence-electron chi connectivity index (χ2n) is 6.38. The minimum Gasteiger partial charge on any atom is -0.486 e. The summed E-state index contributed by atoms with van der Waals surface area (Å²) in [4.78, 5) is 17.7. The molecule has 4 aromatic rings. The van der Waals surface area contributed by atoms with Gasteiger partial charge < -0.3 is 9.15 Å². The molecule has 0 aliphatic rings. The van der Waals surface area contributed by atoms with Gasteiger partial charge in [-0.3, -0.25) is 10.1 Å². The summed E-state index contributed by atoms with van der Waals surface area (Å²) < 4.78 is 11.2. The van der Waals surface area contributed by atoms with E-state index in [2.05, 4.69) is 10.3 Å². The van der Waals surface area contributed by atoms with E-state index in [0.29, 0.717) is 27.4 Å². The Hall–Kier alpha value is -2.80. The van der Waals surface area contributed by atoms with E-state index < -0.39 is 0 Å². The topological polar surface area (TPSA) is 64.4 Å². The number of thiazole rings is 1. The zero-order valence-corrected chi connectivity index (χ0v) is 17.9. The smallest absolute Gasteiger partial charge is 0.293 e. The molecule has 1 N–H and O–H groups in total. The number of furan rings is 1. The summed E-state index contributed by atoms with van der Waals surface area (Å²) in [5.74, 6) is 1.12. The van der Waals surface area contributed by atoms with E-state index in [9.17, 15) is 4.79 Å². The lowest BCUT2D eigenvalue weighted by Gasteiger charge is -2.03. The molecule has 5 nitrogen and oxygen atoms in total. The summed E-state index contributed by atoms with van der Waals surface area (Å²) in [5, 5.41) is 4.28. The number of anilines is 1. The molecule has 0 atom stereocenters. The van der Waals surface area contributed by atoms with Gasteiger partial charge in [-0.1, -0.05) is 47.5 Å². The third kappa shape index (κ3) is 5.21. The van der Waals surface area contributed by atoms with Gasteiger partial charge in [0.05, 0.1) is 10.0 Å². The van der Waals surface area contributed by atoms with E-state index in [1.807, 2.05) is 42.5 Å². The maximum atomic E-state index is 12.4. The number of rotatable bonds is 7. The fourth-order valence-corrected chi connectivity index (χ4v) is 3.87.